The summed E-state index contributed by atoms with van der Waals surface area (Å²) in [5.41, 5.74) is 3.58. The molecule has 1 heterocycles. The predicted molar refractivity (Wildman–Crippen MR) is 129 cm³/mol. The summed E-state index contributed by atoms with van der Waals surface area (Å²) in [6.07, 6.45) is -0.598. The van der Waals surface area contributed by atoms with E-state index in [-0.39, 0.29) is 12.2 Å². The second-order valence-corrected chi connectivity index (χ2v) is 8.84. The van der Waals surface area contributed by atoms with Crippen molar-refractivity contribution in [1.82, 2.24) is 14.8 Å². The fourth-order valence-corrected chi connectivity index (χ4v) is 3.00. The van der Waals surface area contributed by atoms with Crippen molar-refractivity contribution in [3.8, 4) is 23.1 Å². The van der Waals surface area contributed by atoms with E-state index in [0.717, 1.165) is 16.9 Å². The van der Waals surface area contributed by atoms with Crippen molar-refractivity contribution in [3.05, 3.63) is 54.1 Å². The van der Waals surface area contributed by atoms with Crippen LogP contribution < -0.4 is 10.1 Å². The predicted octanol–water partition coefficient (Wildman–Crippen LogP) is 3.86. The third kappa shape index (κ3) is 7.56. The van der Waals surface area contributed by atoms with Crippen molar-refractivity contribution < 1.29 is 19.3 Å². The van der Waals surface area contributed by atoms with Gasteiger partial charge in [-0.1, -0.05) is 29.8 Å². The number of aromatic nitrogens is 3. The number of nitrogens with zero attached hydrogens (tertiary/aromatic N) is 3. The molecule has 8 heteroatoms. The molecule has 8 nitrogen and oxygen atoms in total. The molecular weight excluding hydrogens is 420 g/mol. The number of aliphatic hydroxyl groups excluding tert-OH is 1. The topological polar surface area (TPSA) is 90.7 Å². The van der Waals surface area contributed by atoms with Crippen LogP contribution in [0.1, 0.15) is 26.3 Å². The van der Waals surface area contributed by atoms with E-state index in [2.05, 4.69) is 15.4 Å². The zero-order chi connectivity index (χ0) is 23.8. The van der Waals surface area contributed by atoms with Crippen LogP contribution in [0.5, 0.6) is 6.01 Å². The van der Waals surface area contributed by atoms with Crippen LogP contribution in [0.4, 0.5) is 5.69 Å². The zero-order valence-electron chi connectivity index (χ0n) is 20.0. The Kier molecular flexibility index (Phi) is 8.43. The van der Waals surface area contributed by atoms with E-state index in [4.69, 9.17) is 14.2 Å². The van der Waals surface area contributed by atoms with Gasteiger partial charge in [-0.15, -0.1) is 5.10 Å². The highest BCUT2D eigenvalue weighted by molar-refractivity contribution is 5.60. The summed E-state index contributed by atoms with van der Waals surface area (Å²) in [7, 11) is 1.62. The molecule has 0 aliphatic rings. The number of anilines is 1. The second-order valence-electron chi connectivity index (χ2n) is 8.84. The quantitative estimate of drug-likeness (QED) is 0.425. The number of nitrogens with one attached hydrogen (secondary N) is 1. The highest BCUT2D eigenvalue weighted by Gasteiger charge is 2.16. The summed E-state index contributed by atoms with van der Waals surface area (Å²) < 4.78 is 18.1. The molecule has 3 aromatic rings. The SMILES string of the molecule is COCCOc1nc(-c2ccc(C)cc2)n(-c2ccc(NCC(O)COC(C)(C)C)cc2)n1. The fraction of sp³-hybridized carbons (Fsp3) is 0.440. The molecule has 2 aromatic carbocycles. The van der Waals surface area contributed by atoms with Crippen LogP contribution in [0, 0.1) is 6.92 Å². The molecule has 2 N–H and O–H groups in total. The van der Waals surface area contributed by atoms with E-state index >= 15 is 0 Å². The zero-order valence-corrected chi connectivity index (χ0v) is 20.0. The summed E-state index contributed by atoms with van der Waals surface area (Å²) >= 11 is 0. The van der Waals surface area contributed by atoms with E-state index < -0.39 is 6.10 Å². The highest BCUT2D eigenvalue weighted by atomic mass is 16.5. The first kappa shape index (κ1) is 24.7. The molecule has 1 unspecified atom stereocenters. The highest BCUT2D eigenvalue weighted by Crippen LogP contribution is 2.25. The molecule has 0 spiro atoms. The molecule has 0 radical (unpaired) electrons. The molecule has 0 amide bonds. The Morgan fingerprint density at radius 2 is 1.73 bits per heavy atom. The smallest absolute Gasteiger partial charge is 0.336 e. The van der Waals surface area contributed by atoms with Gasteiger partial charge in [-0.05, 0) is 52.0 Å². The molecule has 0 bridgehead atoms. The minimum absolute atomic E-state index is 0.276. The third-order valence-corrected chi connectivity index (χ3v) is 4.78. The van der Waals surface area contributed by atoms with Crippen LogP contribution in [0.25, 0.3) is 17.1 Å². The lowest BCUT2D eigenvalue weighted by molar-refractivity contribution is -0.0449. The van der Waals surface area contributed by atoms with Crippen molar-refractivity contribution in [3.63, 3.8) is 0 Å². The Balaban J connectivity index is 1.74. The van der Waals surface area contributed by atoms with Crippen molar-refractivity contribution >= 4 is 5.69 Å². The van der Waals surface area contributed by atoms with Crippen molar-refractivity contribution in [2.75, 3.05) is 38.8 Å². The van der Waals surface area contributed by atoms with Crippen molar-refractivity contribution in [2.24, 2.45) is 0 Å². The Bertz CT molecular complexity index is 995. The van der Waals surface area contributed by atoms with Gasteiger partial charge in [-0.3, -0.25) is 0 Å². The first-order valence-corrected chi connectivity index (χ1v) is 11.1. The molecule has 0 aliphatic heterocycles. The maximum Gasteiger partial charge on any atom is 0.336 e. The van der Waals surface area contributed by atoms with Gasteiger partial charge < -0.3 is 24.6 Å². The summed E-state index contributed by atoms with van der Waals surface area (Å²) in [6.45, 7) is 9.45. The maximum absolute atomic E-state index is 10.1. The summed E-state index contributed by atoms with van der Waals surface area (Å²) in [4.78, 5) is 4.59. The molecule has 1 atom stereocenters. The Morgan fingerprint density at radius 3 is 2.36 bits per heavy atom. The van der Waals surface area contributed by atoms with E-state index in [9.17, 15) is 5.11 Å². The lowest BCUT2D eigenvalue weighted by Gasteiger charge is -2.22. The first-order valence-electron chi connectivity index (χ1n) is 11.1. The lowest BCUT2D eigenvalue weighted by Crippen LogP contribution is -2.30. The monoisotopic (exact) mass is 454 g/mol. The van der Waals surface area contributed by atoms with E-state index in [1.165, 1.54) is 5.56 Å². The van der Waals surface area contributed by atoms with Crippen molar-refractivity contribution in [1.29, 1.82) is 0 Å². The summed E-state index contributed by atoms with van der Waals surface area (Å²) in [6, 6.07) is 16.2. The van der Waals surface area contributed by atoms with Gasteiger partial charge >= 0.3 is 6.01 Å². The van der Waals surface area contributed by atoms with Gasteiger partial charge in [0.2, 0.25) is 0 Å². The number of aryl methyl sites for hydroxylation is 1. The minimum Gasteiger partial charge on any atom is -0.460 e. The molecule has 3 rings (SSSR count). The van der Waals surface area contributed by atoms with Gasteiger partial charge in [0.05, 0.1) is 30.6 Å². The molecule has 1 aromatic heterocycles. The number of rotatable bonds is 11. The number of methoxy groups -OCH3 is 1. The minimum atomic E-state index is -0.598. The number of benzene rings is 2. The normalized spacial score (nSPS) is 12.5. The Hall–Kier alpha value is -2.94. The molecule has 178 valence electrons. The van der Waals surface area contributed by atoms with Crippen molar-refractivity contribution in [2.45, 2.75) is 39.4 Å². The molecule has 0 saturated heterocycles. The number of hydrogen-bond donors (Lipinski definition) is 2. The Morgan fingerprint density at radius 1 is 1.03 bits per heavy atom. The van der Waals surface area contributed by atoms with Gasteiger partial charge in [0, 0.05) is 24.9 Å². The number of ether oxygens (including phenoxy) is 3. The van der Waals surface area contributed by atoms with E-state index in [0.29, 0.717) is 31.6 Å². The van der Waals surface area contributed by atoms with Gasteiger partial charge in [-0.2, -0.15) is 4.98 Å². The molecule has 0 saturated carbocycles. The van der Waals surface area contributed by atoms with Gasteiger partial charge in [0.25, 0.3) is 0 Å². The van der Waals surface area contributed by atoms with Crippen LogP contribution in [0.3, 0.4) is 0 Å². The van der Waals surface area contributed by atoms with Crippen LogP contribution in [0.15, 0.2) is 48.5 Å². The summed E-state index contributed by atoms with van der Waals surface area (Å²) in [5.74, 6) is 0.692. The average molecular weight is 455 g/mol. The average Bonchev–Trinajstić information content (AvgIpc) is 3.21. The molecule has 33 heavy (non-hydrogen) atoms. The maximum atomic E-state index is 10.1. The van der Waals surface area contributed by atoms with Gasteiger partial charge in [0.1, 0.15) is 6.61 Å². The second kappa shape index (κ2) is 11.3. The molecule has 0 aliphatic carbocycles. The number of hydrogen-bond acceptors (Lipinski definition) is 7. The largest absolute Gasteiger partial charge is 0.460 e. The van der Waals surface area contributed by atoms with E-state index in [1.54, 1.807) is 11.8 Å². The standard InChI is InChI=1S/C25H34N4O4/c1-18-6-8-19(9-7-18)23-27-24(32-15-14-31-5)28-29(23)21-12-10-20(11-13-21)26-16-22(30)17-33-25(2,3)4/h6-13,22,26,30H,14-17H2,1-5H3. The Labute approximate surface area is 195 Å². The lowest BCUT2D eigenvalue weighted by atomic mass is 10.1. The van der Waals surface area contributed by atoms with Crippen LogP contribution in [-0.2, 0) is 9.47 Å². The summed E-state index contributed by atoms with van der Waals surface area (Å²) in [5, 5.41) is 17.9. The van der Waals surface area contributed by atoms with Gasteiger partial charge in [-0.25, -0.2) is 4.68 Å². The molecular formula is C25H34N4O4. The fourth-order valence-electron chi connectivity index (χ4n) is 3.00. The van der Waals surface area contributed by atoms with Crippen LogP contribution in [0.2, 0.25) is 0 Å². The third-order valence-electron chi connectivity index (χ3n) is 4.78. The first-order chi connectivity index (χ1) is 15.7. The van der Waals surface area contributed by atoms with E-state index in [1.807, 2.05) is 76.2 Å². The van der Waals surface area contributed by atoms with Crippen LogP contribution in [-0.4, -0.2) is 65.1 Å². The van der Waals surface area contributed by atoms with Gasteiger partial charge in [0.15, 0.2) is 5.82 Å². The molecule has 0 fully saturated rings. The van der Waals surface area contributed by atoms with Crippen LogP contribution >= 0.6 is 0 Å². The number of aliphatic hydroxyl groups is 1.